The zero-order valence-electron chi connectivity index (χ0n) is 6.90. The Bertz CT molecular complexity index is 350. The molecule has 1 aromatic rings. The van der Waals surface area contributed by atoms with Crippen molar-refractivity contribution in [3.05, 3.63) is 33.6 Å². The van der Waals surface area contributed by atoms with Gasteiger partial charge in [-0.1, -0.05) is 30.1 Å². The summed E-state index contributed by atoms with van der Waals surface area (Å²) in [6.07, 6.45) is 0.253. The minimum atomic E-state index is -0.622. The third-order valence-electron chi connectivity index (χ3n) is 1.64. The first-order chi connectivity index (χ1) is 6.07. The molecule has 70 valence electrons. The van der Waals surface area contributed by atoms with E-state index >= 15 is 0 Å². The van der Waals surface area contributed by atoms with Crippen molar-refractivity contribution in [1.29, 1.82) is 0 Å². The van der Waals surface area contributed by atoms with E-state index in [-0.39, 0.29) is 27.8 Å². The second-order valence-electron chi connectivity index (χ2n) is 2.49. The van der Waals surface area contributed by atoms with Gasteiger partial charge in [-0.3, -0.25) is 4.79 Å². The molecule has 0 aromatic heterocycles. The maximum Gasteiger partial charge on any atom is 0.165 e. The summed E-state index contributed by atoms with van der Waals surface area (Å²) >= 11 is 11.3. The first-order valence-corrected chi connectivity index (χ1v) is 4.50. The molecule has 1 rings (SSSR count). The quantitative estimate of drug-likeness (QED) is 0.549. The second kappa shape index (κ2) is 4.07. The van der Waals surface area contributed by atoms with Gasteiger partial charge < -0.3 is 0 Å². The Kier molecular flexibility index (Phi) is 3.28. The standard InChI is InChI=1S/C9H7Cl2FO/c1-2-7(13)8-5(10)3-4-6(12)9(8)11/h3-4H,2H2,1H3. The second-order valence-corrected chi connectivity index (χ2v) is 3.28. The van der Waals surface area contributed by atoms with Crippen molar-refractivity contribution in [3.8, 4) is 0 Å². The molecule has 0 amide bonds. The number of carbonyl (C=O) groups excluding carboxylic acids is 1. The first kappa shape index (κ1) is 10.5. The van der Waals surface area contributed by atoms with Gasteiger partial charge in [-0.15, -0.1) is 0 Å². The van der Waals surface area contributed by atoms with Gasteiger partial charge in [0.2, 0.25) is 0 Å². The lowest BCUT2D eigenvalue weighted by Crippen LogP contribution is -2.00. The van der Waals surface area contributed by atoms with Crippen LogP contribution < -0.4 is 0 Å². The maximum atomic E-state index is 12.9. The Hall–Kier alpha value is -0.600. The van der Waals surface area contributed by atoms with E-state index in [0.29, 0.717) is 0 Å². The number of carbonyl (C=O) groups is 1. The molecule has 13 heavy (non-hydrogen) atoms. The maximum absolute atomic E-state index is 12.9. The van der Waals surface area contributed by atoms with E-state index in [2.05, 4.69) is 0 Å². The highest BCUT2D eigenvalue weighted by Crippen LogP contribution is 2.28. The monoisotopic (exact) mass is 220 g/mol. The molecule has 4 heteroatoms. The van der Waals surface area contributed by atoms with Crippen molar-refractivity contribution in [2.24, 2.45) is 0 Å². The highest BCUT2D eigenvalue weighted by atomic mass is 35.5. The van der Waals surface area contributed by atoms with Crippen molar-refractivity contribution in [1.82, 2.24) is 0 Å². The van der Waals surface area contributed by atoms with Crippen LogP contribution in [0.2, 0.25) is 10.0 Å². The SMILES string of the molecule is CCC(=O)c1c(Cl)ccc(F)c1Cl. The fraction of sp³-hybridized carbons (Fsp3) is 0.222. The lowest BCUT2D eigenvalue weighted by molar-refractivity contribution is 0.0988. The summed E-state index contributed by atoms with van der Waals surface area (Å²) in [4.78, 5) is 11.3. The van der Waals surface area contributed by atoms with E-state index in [4.69, 9.17) is 23.2 Å². The molecular weight excluding hydrogens is 214 g/mol. The van der Waals surface area contributed by atoms with Crippen LogP contribution in [0, 0.1) is 5.82 Å². The van der Waals surface area contributed by atoms with Crippen LogP contribution in [-0.2, 0) is 0 Å². The van der Waals surface area contributed by atoms with Crippen LogP contribution in [0.4, 0.5) is 4.39 Å². The highest BCUT2D eigenvalue weighted by Gasteiger charge is 2.15. The van der Waals surface area contributed by atoms with Crippen LogP contribution >= 0.6 is 23.2 Å². The predicted molar refractivity (Wildman–Crippen MR) is 51.0 cm³/mol. The normalized spacial score (nSPS) is 10.2. The molecular formula is C9H7Cl2FO. The van der Waals surface area contributed by atoms with Crippen LogP contribution in [0.3, 0.4) is 0 Å². The topological polar surface area (TPSA) is 17.1 Å². The molecule has 0 unspecified atom stereocenters. The number of rotatable bonds is 2. The number of benzene rings is 1. The number of hydrogen-bond donors (Lipinski definition) is 0. The Balaban J connectivity index is 3.33. The van der Waals surface area contributed by atoms with Crippen LogP contribution in [0.1, 0.15) is 23.7 Å². The zero-order valence-corrected chi connectivity index (χ0v) is 8.42. The predicted octanol–water partition coefficient (Wildman–Crippen LogP) is 3.73. The van der Waals surface area contributed by atoms with Gasteiger partial charge in [0.25, 0.3) is 0 Å². The summed E-state index contributed by atoms with van der Waals surface area (Å²) < 4.78 is 12.9. The largest absolute Gasteiger partial charge is 0.294 e. The lowest BCUT2D eigenvalue weighted by Gasteiger charge is -2.04. The fourth-order valence-corrected chi connectivity index (χ4v) is 1.54. The summed E-state index contributed by atoms with van der Waals surface area (Å²) in [6, 6.07) is 2.46. The molecule has 0 N–H and O–H groups in total. The molecule has 0 bridgehead atoms. The van der Waals surface area contributed by atoms with Crippen LogP contribution in [0.25, 0.3) is 0 Å². The van der Waals surface area contributed by atoms with E-state index in [9.17, 15) is 9.18 Å². The smallest absolute Gasteiger partial charge is 0.165 e. The molecule has 0 aliphatic rings. The Morgan fingerprint density at radius 3 is 2.62 bits per heavy atom. The number of hydrogen-bond acceptors (Lipinski definition) is 1. The molecule has 0 heterocycles. The van der Waals surface area contributed by atoms with Gasteiger partial charge in [0, 0.05) is 6.42 Å². The third-order valence-corrected chi connectivity index (χ3v) is 2.33. The van der Waals surface area contributed by atoms with E-state index in [1.165, 1.54) is 6.07 Å². The molecule has 1 aromatic carbocycles. The number of ketones is 1. The van der Waals surface area contributed by atoms with Gasteiger partial charge in [0.1, 0.15) is 5.82 Å². The van der Waals surface area contributed by atoms with E-state index in [1.54, 1.807) is 6.92 Å². The molecule has 0 fully saturated rings. The lowest BCUT2D eigenvalue weighted by atomic mass is 10.1. The third kappa shape index (κ3) is 2.01. The van der Waals surface area contributed by atoms with Crippen LogP contribution in [0.5, 0.6) is 0 Å². The number of halogens is 3. The Labute approximate surface area is 85.5 Å². The van der Waals surface area contributed by atoms with E-state index in [0.717, 1.165) is 6.07 Å². The molecule has 1 nitrogen and oxygen atoms in total. The summed E-state index contributed by atoms with van der Waals surface area (Å²) in [5.74, 6) is -0.877. The van der Waals surface area contributed by atoms with E-state index < -0.39 is 5.82 Å². The number of Topliss-reactive ketones (excluding diaryl/α,β-unsaturated/α-hetero) is 1. The zero-order chi connectivity index (χ0) is 10.0. The van der Waals surface area contributed by atoms with Gasteiger partial charge in [0.05, 0.1) is 15.6 Å². The van der Waals surface area contributed by atoms with Gasteiger partial charge >= 0.3 is 0 Å². The van der Waals surface area contributed by atoms with Crippen molar-refractivity contribution in [3.63, 3.8) is 0 Å². The first-order valence-electron chi connectivity index (χ1n) is 3.74. The average molecular weight is 221 g/mol. The Morgan fingerprint density at radius 2 is 2.08 bits per heavy atom. The van der Waals surface area contributed by atoms with Gasteiger partial charge in [-0.25, -0.2) is 4.39 Å². The van der Waals surface area contributed by atoms with Crippen LogP contribution in [-0.4, -0.2) is 5.78 Å². The van der Waals surface area contributed by atoms with Gasteiger partial charge in [0.15, 0.2) is 5.78 Å². The fourth-order valence-electron chi connectivity index (χ4n) is 0.959. The molecule has 0 saturated carbocycles. The van der Waals surface area contributed by atoms with Crippen LogP contribution in [0.15, 0.2) is 12.1 Å². The van der Waals surface area contributed by atoms with E-state index in [1.807, 2.05) is 0 Å². The van der Waals surface area contributed by atoms with Crippen molar-refractivity contribution in [2.45, 2.75) is 13.3 Å². The van der Waals surface area contributed by atoms with Crippen molar-refractivity contribution >= 4 is 29.0 Å². The van der Waals surface area contributed by atoms with Crippen molar-refractivity contribution in [2.75, 3.05) is 0 Å². The molecule has 0 aliphatic heterocycles. The molecule has 0 spiro atoms. The molecule has 0 atom stereocenters. The minimum Gasteiger partial charge on any atom is -0.294 e. The average Bonchev–Trinajstić information content (AvgIpc) is 2.12. The van der Waals surface area contributed by atoms with Gasteiger partial charge in [-0.05, 0) is 12.1 Å². The summed E-state index contributed by atoms with van der Waals surface area (Å²) in [5, 5.41) is -0.00222. The highest BCUT2D eigenvalue weighted by molar-refractivity contribution is 6.39. The minimum absolute atomic E-state index is 0.0748. The molecule has 0 aliphatic carbocycles. The van der Waals surface area contributed by atoms with Gasteiger partial charge in [-0.2, -0.15) is 0 Å². The summed E-state index contributed by atoms with van der Waals surface area (Å²) in [6.45, 7) is 1.67. The van der Waals surface area contributed by atoms with Crippen molar-refractivity contribution < 1.29 is 9.18 Å². The molecule has 0 saturated heterocycles. The Morgan fingerprint density at radius 1 is 1.46 bits per heavy atom. The molecule has 0 radical (unpaired) electrons. The summed E-state index contributed by atoms with van der Waals surface area (Å²) in [5.41, 5.74) is 0.0748. The summed E-state index contributed by atoms with van der Waals surface area (Å²) in [7, 11) is 0.